The quantitative estimate of drug-likeness (QED) is 0.715. The Hall–Kier alpha value is -2.52. The summed E-state index contributed by atoms with van der Waals surface area (Å²) in [6, 6.07) is 11.6. The van der Waals surface area contributed by atoms with Crippen molar-refractivity contribution < 1.29 is 22.7 Å². The predicted molar refractivity (Wildman–Crippen MR) is 104 cm³/mol. The van der Waals surface area contributed by atoms with Gasteiger partial charge in [0, 0.05) is 17.0 Å². The summed E-state index contributed by atoms with van der Waals surface area (Å²) in [7, 11) is -3.68. The number of anilines is 2. The number of carbonyl (C=O) groups is 2. The Morgan fingerprint density at radius 3 is 2.85 bits per heavy atom. The number of nitrogens with one attached hydrogen (secondary N) is 2. The second kappa shape index (κ2) is 8.01. The highest BCUT2D eigenvalue weighted by atomic mass is 32.2. The first-order valence-electron chi connectivity index (χ1n) is 8.11. The average molecular weight is 406 g/mol. The second-order valence-corrected chi connectivity index (χ2v) is 8.83. The van der Waals surface area contributed by atoms with Gasteiger partial charge in [0.05, 0.1) is 16.3 Å². The zero-order valence-corrected chi connectivity index (χ0v) is 16.2. The maximum Gasteiger partial charge on any atom is 0.262 e. The molecular weight excluding hydrogens is 388 g/mol. The second-order valence-electron chi connectivity index (χ2n) is 5.84. The van der Waals surface area contributed by atoms with Gasteiger partial charge in [-0.2, -0.15) is 0 Å². The molecule has 3 rings (SSSR count). The number of carbonyl (C=O) groups excluding carboxylic acids is 2. The number of amides is 2. The Kier molecular flexibility index (Phi) is 5.71. The molecule has 0 fully saturated rings. The molecule has 0 aromatic heterocycles. The molecule has 0 saturated carbocycles. The van der Waals surface area contributed by atoms with Crippen molar-refractivity contribution in [3.05, 3.63) is 42.5 Å². The Labute approximate surface area is 161 Å². The van der Waals surface area contributed by atoms with Crippen LogP contribution in [-0.2, 0) is 19.4 Å². The summed E-state index contributed by atoms with van der Waals surface area (Å²) in [6.45, 7) is -0.100. The fourth-order valence-electron chi connectivity index (χ4n) is 2.52. The number of thioether (sulfide) groups is 1. The van der Waals surface area contributed by atoms with Crippen molar-refractivity contribution in [2.45, 2.75) is 16.2 Å². The molecule has 0 unspecified atom stereocenters. The van der Waals surface area contributed by atoms with E-state index in [4.69, 9.17) is 4.74 Å². The number of rotatable bonds is 6. The Morgan fingerprint density at radius 1 is 1.26 bits per heavy atom. The minimum Gasteiger partial charge on any atom is -0.482 e. The molecular formula is C18H18N2O5S2. The van der Waals surface area contributed by atoms with Gasteiger partial charge in [0.2, 0.25) is 5.91 Å². The van der Waals surface area contributed by atoms with E-state index in [-0.39, 0.29) is 35.5 Å². The van der Waals surface area contributed by atoms with Gasteiger partial charge in [0.25, 0.3) is 5.91 Å². The predicted octanol–water partition coefficient (Wildman–Crippen LogP) is 2.54. The van der Waals surface area contributed by atoms with Crippen LogP contribution in [0.15, 0.2) is 52.3 Å². The molecule has 1 aliphatic heterocycles. The van der Waals surface area contributed by atoms with E-state index in [1.807, 2.05) is 24.5 Å². The molecule has 7 nitrogen and oxygen atoms in total. The number of hydrogen-bond donors (Lipinski definition) is 2. The molecule has 1 aliphatic rings. The molecule has 0 atom stereocenters. The summed E-state index contributed by atoms with van der Waals surface area (Å²) in [5, 5.41) is 5.27. The van der Waals surface area contributed by atoms with Crippen LogP contribution in [0.4, 0.5) is 11.4 Å². The normalized spacial score (nSPS) is 13.3. The van der Waals surface area contributed by atoms with Gasteiger partial charge in [0.15, 0.2) is 16.4 Å². The summed E-state index contributed by atoms with van der Waals surface area (Å²) < 4.78 is 30.3. The lowest BCUT2D eigenvalue weighted by atomic mass is 10.2. The smallest absolute Gasteiger partial charge is 0.262 e. The van der Waals surface area contributed by atoms with Gasteiger partial charge >= 0.3 is 0 Å². The van der Waals surface area contributed by atoms with Crippen molar-refractivity contribution in [1.29, 1.82) is 0 Å². The van der Waals surface area contributed by atoms with Crippen LogP contribution in [-0.4, -0.2) is 38.8 Å². The minimum absolute atomic E-state index is 0.0317. The fourth-order valence-corrected chi connectivity index (χ4v) is 4.25. The largest absolute Gasteiger partial charge is 0.482 e. The van der Waals surface area contributed by atoms with E-state index in [0.29, 0.717) is 17.1 Å². The number of benzene rings is 2. The first kappa shape index (κ1) is 19.2. The van der Waals surface area contributed by atoms with Crippen LogP contribution in [0.1, 0.15) is 6.42 Å². The van der Waals surface area contributed by atoms with Crippen molar-refractivity contribution >= 4 is 44.8 Å². The maximum absolute atomic E-state index is 12.5. The maximum atomic E-state index is 12.5. The Morgan fingerprint density at radius 2 is 2.07 bits per heavy atom. The van der Waals surface area contributed by atoms with Crippen molar-refractivity contribution in [3.63, 3.8) is 0 Å². The monoisotopic (exact) mass is 406 g/mol. The number of sulfone groups is 1. The SMILES string of the molecule is CSc1cccc(NC(=O)CCS(=O)(=O)c2ccc3c(c2)NC(=O)CO3)c1. The van der Waals surface area contributed by atoms with E-state index < -0.39 is 9.84 Å². The zero-order valence-electron chi connectivity index (χ0n) is 14.5. The van der Waals surface area contributed by atoms with Crippen LogP contribution in [0, 0.1) is 0 Å². The summed E-state index contributed by atoms with van der Waals surface area (Å²) in [5.41, 5.74) is 0.934. The van der Waals surface area contributed by atoms with E-state index in [1.165, 1.54) is 18.2 Å². The number of fused-ring (bicyclic) bond motifs is 1. The van der Waals surface area contributed by atoms with Crippen LogP contribution < -0.4 is 15.4 Å². The molecule has 9 heteroatoms. The molecule has 0 radical (unpaired) electrons. The lowest BCUT2D eigenvalue weighted by Crippen LogP contribution is -2.25. The van der Waals surface area contributed by atoms with E-state index in [1.54, 1.807) is 17.8 Å². The molecule has 2 aromatic rings. The van der Waals surface area contributed by atoms with E-state index >= 15 is 0 Å². The van der Waals surface area contributed by atoms with Crippen LogP contribution in [0.5, 0.6) is 5.75 Å². The van der Waals surface area contributed by atoms with Gasteiger partial charge in [-0.15, -0.1) is 11.8 Å². The summed E-state index contributed by atoms with van der Waals surface area (Å²) in [6.07, 6.45) is 1.76. The Balaban J connectivity index is 1.65. The number of hydrogen-bond acceptors (Lipinski definition) is 6. The highest BCUT2D eigenvalue weighted by Gasteiger charge is 2.21. The molecule has 0 bridgehead atoms. The molecule has 0 aliphatic carbocycles. The molecule has 2 N–H and O–H groups in total. The van der Waals surface area contributed by atoms with E-state index in [9.17, 15) is 18.0 Å². The molecule has 2 aromatic carbocycles. The van der Waals surface area contributed by atoms with Crippen LogP contribution in [0.3, 0.4) is 0 Å². The van der Waals surface area contributed by atoms with Crippen LogP contribution in [0.2, 0.25) is 0 Å². The molecule has 2 amide bonds. The third-order valence-electron chi connectivity index (χ3n) is 3.89. The first-order valence-corrected chi connectivity index (χ1v) is 11.0. The van der Waals surface area contributed by atoms with Gasteiger partial charge in [0.1, 0.15) is 5.75 Å². The van der Waals surface area contributed by atoms with Crippen molar-refractivity contribution in [2.75, 3.05) is 29.2 Å². The van der Waals surface area contributed by atoms with Gasteiger partial charge in [-0.25, -0.2) is 8.42 Å². The summed E-state index contributed by atoms with van der Waals surface area (Å²) in [4.78, 5) is 24.5. The van der Waals surface area contributed by atoms with Crippen molar-refractivity contribution in [3.8, 4) is 5.75 Å². The van der Waals surface area contributed by atoms with Crippen molar-refractivity contribution in [2.24, 2.45) is 0 Å². The average Bonchev–Trinajstić information content (AvgIpc) is 2.66. The lowest BCUT2D eigenvalue weighted by molar-refractivity contribution is -0.118. The molecule has 1 heterocycles. The molecule has 142 valence electrons. The van der Waals surface area contributed by atoms with Crippen molar-refractivity contribution in [1.82, 2.24) is 0 Å². The highest BCUT2D eigenvalue weighted by Crippen LogP contribution is 2.30. The summed E-state index contributed by atoms with van der Waals surface area (Å²) >= 11 is 1.55. The van der Waals surface area contributed by atoms with Gasteiger partial charge < -0.3 is 15.4 Å². The molecule has 0 spiro atoms. The van der Waals surface area contributed by atoms with E-state index in [0.717, 1.165) is 4.90 Å². The van der Waals surface area contributed by atoms with E-state index in [2.05, 4.69) is 10.6 Å². The molecule has 0 saturated heterocycles. The Bertz CT molecular complexity index is 989. The summed E-state index contributed by atoms with van der Waals surface area (Å²) in [5.74, 6) is -0.649. The fraction of sp³-hybridized carbons (Fsp3) is 0.222. The molecule has 27 heavy (non-hydrogen) atoms. The number of ether oxygens (including phenoxy) is 1. The topological polar surface area (TPSA) is 102 Å². The zero-order chi connectivity index (χ0) is 19.4. The highest BCUT2D eigenvalue weighted by molar-refractivity contribution is 7.98. The third kappa shape index (κ3) is 4.81. The van der Waals surface area contributed by atoms with Crippen LogP contribution >= 0.6 is 11.8 Å². The van der Waals surface area contributed by atoms with Gasteiger partial charge in [-0.1, -0.05) is 6.07 Å². The minimum atomic E-state index is -3.68. The van der Waals surface area contributed by atoms with Gasteiger partial charge in [-0.05, 0) is 42.7 Å². The van der Waals surface area contributed by atoms with Crippen LogP contribution in [0.25, 0.3) is 0 Å². The lowest BCUT2D eigenvalue weighted by Gasteiger charge is -2.18. The standard InChI is InChI=1S/C18H18N2O5S2/c1-26-13-4-2-3-12(9-13)19-17(21)7-8-27(23,24)14-5-6-16-15(10-14)20-18(22)11-25-16/h2-6,9-10H,7-8,11H2,1H3,(H,19,21)(H,20,22). The van der Waals surface area contributed by atoms with Gasteiger partial charge in [-0.3, -0.25) is 9.59 Å². The first-order chi connectivity index (χ1) is 12.9. The third-order valence-corrected chi connectivity index (χ3v) is 6.33.